The third kappa shape index (κ3) is 7.26. The summed E-state index contributed by atoms with van der Waals surface area (Å²) in [6, 6.07) is 0. The van der Waals surface area contributed by atoms with Crippen molar-refractivity contribution in [2.75, 3.05) is 46.8 Å². The number of nitrogens with zero attached hydrogens (tertiary/aromatic N) is 2. The second-order valence-electron chi connectivity index (χ2n) is 3.94. The number of aliphatic hydroxyl groups excluding tert-OH is 1. The highest BCUT2D eigenvalue weighted by Gasteiger charge is 2.07. The molecule has 86 valence electrons. The lowest BCUT2D eigenvalue weighted by Gasteiger charge is -2.23. The highest BCUT2D eigenvalue weighted by molar-refractivity contribution is 4.64. The third-order valence-corrected chi connectivity index (χ3v) is 2.27. The molecular weight excluding hydrogens is 178 g/mol. The summed E-state index contributed by atoms with van der Waals surface area (Å²) in [5.74, 6) is 0. The summed E-state index contributed by atoms with van der Waals surface area (Å²) in [6.45, 7) is 6.26. The zero-order valence-electron chi connectivity index (χ0n) is 9.74. The Labute approximate surface area is 87.7 Å². The van der Waals surface area contributed by atoms with Gasteiger partial charge in [-0.1, -0.05) is 6.92 Å². The Morgan fingerprint density at radius 1 is 1.29 bits per heavy atom. The van der Waals surface area contributed by atoms with Crippen molar-refractivity contribution in [2.24, 2.45) is 5.73 Å². The van der Waals surface area contributed by atoms with E-state index in [0.717, 1.165) is 26.1 Å². The number of hydrogen-bond acceptors (Lipinski definition) is 4. The van der Waals surface area contributed by atoms with Crippen LogP contribution in [-0.2, 0) is 0 Å². The Bertz CT molecular complexity index is 131. The fourth-order valence-corrected chi connectivity index (χ4v) is 1.36. The van der Waals surface area contributed by atoms with E-state index in [-0.39, 0.29) is 6.10 Å². The highest BCUT2D eigenvalue weighted by Crippen LogP contribution is 1.94. The van der Waals surface area contributed by atoms with Gasteiger partial charge in [0.15, 0.2) is 0 Å². The van der Waals surface area contributed by atoms with Gasteiger partial charge in [-0.2, -0.15) is 0 Å². The third-order valence-electron chi connectivity index (χ3n) is 2.27. The van der Waals surface area contributed by atoms with Gasteiger partial charge in [-0.3, -0.25) is 0 Å². The predicted octanol–water partition coefficient (Wildman–Crippen LogP) is -0.420. The van der Waals surface area contributed by atoms with Gasteiger partial charge in [-0.15, -0.1) is 0 Å². The minimum absolute atomic E-state index is 0.351. The summed E-state index contributed by atoms with van der Waals surface area (Å²) in [7, 11) is 4.15. The molecule has 4 heteroatoms. The SMILES string of the molecule is CCN(CCCN(C)C)CC(O)CN. The molecule has 0 aromatic heterocycles. The molecule has 4 nitrogen and oxygen atoms in total. The minimum atomic E-state index is -0.380. The largest absolute Gasteiger partial charge is 0.390 e. The lowest BCUT2D eigenvalue weighted by molar-refractivity contribution is 0.119. The number of nitrogens with two attached hydrogens (primary N) is 1. The molecule has 3 N–H and O–H groups in total. The lowest BCUT2D eigenvalue weighted by atomic mass is 10.3. The Morgan fingerprint density at radius 3 is 2.36 bits per heavy atom. The van der Waals surface area contributed by atoms with Gasteiger partial charge < -0.3 is 20.6 Å². The van der Waals surface area contributed by atoms with Crippen LogP contribution in [0.25, 0.3) is 0 Å². The van der Waals surface area contributed by atoms with Crippen LogP contribution < -0.4 is 5.73 Å². The van der Waals surface area contributed by atoms with E-state index in [1.807, 2.05) is 0 Å². The van der Waals surface area contributed by atoms with Crippen LogP contribution in [-0.4, -0.2) is 67.8 Å². The maximum atomic E-state index is 9.39. The lowest BCUT2D eigenvalue weighted by Crippen LogP contribution is -2.37. The van der Waals surface area contributed by atoms with E-state index in [2.05, 4.69) is 30.8 Å². The molecule has 0 aliphatic heterocycles. The van der Waals surface area contributed by atoms with Crippen LogP contribution in [0.2, 0.25) is 0 Å². The van der Waals surface area contributed by atoms with Crippen molar-refractivity contribution >= 4 is 0 Å². The van der Waals surface area contributed by atoms with E-state index < -0.39 is 0 Å². The zero-order chi connectivity index (χ0) is 11.0. The Balaban J connectivity index is 3.57. The minimum Gasteiger partial charge on any atom is -0.390 e. The van der Waals surface area contributed by atoms with Crippen LogP contribution >= 0.6 is 0 Å². The number of aliphatic hydroxyl groups is 1. The molecule has 0 heterocycles. The Morgan fingerprint density at radius 2 is 1.93 bits per heavy atom. The Hall–Kier alpha value is -0.160. The molecule has 0 rings (SSSR count). The molecule has 0 bridgehead atoms. The molecule has 0 radical (unpaired) electrons. The quantitative estimate of drug-likeness (QED) is 0.562. The second kappa shape index (κ2) is 8.17. The van der Waals surface area contributed by atoms with E-state index in [4.69, 9.17) is 5.73 Å². The van der Waals surface area contributed by atoms with Crippen LogP contribution in [0.1, 0.15) is 13.3 Å². The van der Waals surface area contributed by atoms with Crippen molar-refractivity contribution in [1.29, 1.82) is 0 Å². The first-order chi connectivity index (χ1) is 6.60. The van der Waals surface area contributed by atoms with E-state index >= 15 is 0 Å². The van der Waals surface area contributed by atoms with Crippen molar-refractivity contribution < 1.29 is 5.11 Å². The molecule has 0 saturated heterocycles. The Kier molecular flexibility index (Phi) is 8.08. The molecule has 14 heavy (non-hydrogen) atoms. The average molecular weight is 203 g/mol. The molecule has 0 spiro atoms. The molecule has 1 atom stereocenters. The predicted molar refractivity (Wildman–Crippen MR) is 60.3 cm³/mol. The van der Waals surface area contributed by atoms with Crippen molar-refractivity contribution in [1.82, 2.24) is 9.80 Å². The van der Waals surface area contributed by atoms with E-state index in [0.29, 0.717) is 13.1 Å². The fraction of sp³-hybridized carbons (Fsp3) is 1.00. The van der Waals surface area contributed by atoms with Crippen LogP contribution in [0.5, 0.6) is 0 Å². The monoisotopic (exact) mass is 203 g/mol. The molecule has 0 aliphatic carbocycles. The highest BCUT2D eigenvalue weighted by atomic mass is 16.3. The van der Waals surface area contributed by atoms with Crippen molar-refractivity contribution in [2.45, 2.75) is 19.4 Å². The van der Waals surface area contributed by atoms with E-state index in [1.54, 1.807) is 0 Å². The summed E-state index contributed by atoms with van der Waals surface area (Å²) >= 11 is 0. The summed E-state index contributed by atoms with van der Waals surface area (Å²) in [4.78, 5) is 4.41. The first-order valence-corrected chi connectivity index (χ1v) is 5.35. The first kappa shape index (κ1) is 13.8. The van der Waals surface area contributed by atoms with Crippen molar-refractivity contribution in [3.63, 3.8) is 0 Å². The molecular formula is C10H25N3O. The van der Waals surface area contributed by atoms with Crippen LogP contribution in [0.15, 0.2) is 0 Å². The van der Waals surface area contributed by atoms with Gasteiger partial charge in [0.1, 0.15) is 0 Å². The zero-order valence-corrected chi connectivity index (χ0v) is 9.74. The molecule has 0 saturated carbocycles. The molecule has 0 aromatic carbocycles. The summed E-state index contributed by atoms with van der Waals surface area (Å²) < 4.78 is 0. The maximum Gasteiger partial charge on any atom is 0.0789 e. The number of hydrogen-bond donors (Lipinski definition) is 2. The number of likely N-dealkylation sites (N-methyl/N-ethyl adjacent to an activating group) is 1. The first-order valence-electron chi connectivity index (χ1n) is 5.35. The summed E-state index contributed by atoms with van der Waals surface area (Å²) in [5, 5.41) is 9.39. The van der Waals surface area contributed by atoms with Gasteiger partial charge in [-0.25, -0.2) is 0 Å². The van der Waals surface area contributed by atoms with Gasteiger partial charge in [0, 0.05) is 13.1 Å². The van der Waals surface area contributed by atoms with E-state index in [1.165, 1.54) is 0 Å². The van der Waals surface area contributed by atoms with E-state index in [9.17, 15) is 5.11 Å². The summed E-state index contributed by atoms with van der Waals surface area (Å²) in [5.41, 5.74) is 5.37. The van der Waals surface area contributed by atoms with Crippen molar-refractivity contribution in [3.05, 3.63) is 0 Å². The molecule has 0 amide bonds. The van der Waals surface area contributed by atoms with Gasteiger partial charge in [-0.05, 0) is 40.2 Å². The molecule has 1 unspecified atom stereocenters. The standard InChI is InChI=1S/C10H25N3O/c1-4-13(9-10(14)8-11)7-5-6-12(2)3/h10,14H,4-9,11H2,1-3H3. The van der Waals surface area contributed by atoms with Crippen LogP contribution in [0.4, 0.5) is 0 Å². The maximum absolute atomic E-state index is 9.39. The normalized spacial score (nSPS) is 13.9. The van der Waals surface area contributed by atoms with Gasteiger partial charge in [0.05, 0.1) is 6.10 Å². The fourth-order valence-electron chi connectivity index (χ4n) is 1.36. The molecule has 0 aliphatic rings. The average Bonchev–Trinajstić information content (AvgIpc) is 2.15. The van der Waals surface area contributed by atoms with Gasteiger partial charge in [0.2, 0.25) is 0 Å². The molecule has 0 fully saturated rings. The smallest absolute Gasteiger partial charge is 0.0789 e. The topological polar surface area (TPSA) is 52.7 Å². The second-order valence-corrected chi connectivity index (χ2v) is 3.94. The number of rotatable bonds is 8. The van der Waals surface area contributed by atoms with Crippen molar-refractivity contribution in [3.8, 4) is 0 Å². The van der Waals surface area contributed by atoms with Gasteiger partial charge >= 0.3 is 0 Å². The van der Waals surface area contributed by atoms with Gasteiger partial charge in [0.25, 0.3) is 0 Å². The molecule has 0 aromatic rings. The van der Waals surface area contributed by atoms with Crippen LogP contribution in [0, 0.1) is 0 Å². The van der Waals surface area contributed by atoms with Crippen LogP contribution in [0.3, 0.4) is 0 Å². The summed E-state index contributed by atoms with van der Waals surface area (Å²) in [6.07, 6.45) is 0.757.